The highest BCUT2D eigenvalue weighted by Crippen LogP contribution is 2.20. The van der Waals surface area contributed by atoms with E-state index < -0.39 is 6.10 Å². The lowest BCUT2D eigenvalue weighted by Crippen LogP contribution is -2.15. The summed E-state index contributed by atoms with van der Waals surface area (Å²) in [5.41, 5.74) is 2.33. The number of benzene rings is 1. The average Bonchev–Trinajstić information content (AvgIpc) is 3.35. The summed E-state index contributed by atoms with van der Waals surface area (Å²) in [6.45, 7) is 2.48. The molecule has 0 saturated heterocycles. The zero-order valence-corrected chi connectivity index (χ0v) is 14.5. The van der Waals surface area contributed by atoms with E-state index in [1.54, 1.807) is 17.4 Å². The van der Waals surface area contributed by atoms with E-state index in [4.69, 9.17) is 4.74 Å². The van der Waals surface area contributed by atoms with Crippen LogP contribution in [0.3, 0.4) is 0 Å². The third-order valence-electron chi connectivity index (χ3n) is 4.02. The molecule has 3 aromatic heterocycles. The fourth-order valence-electron chi connectivity index (χ4n) is 2.75. The van der Waals surface area contributed by atoms with E-state index in [0.717, 1.165) is 11.0 Å². The Bertz CT molecular complexity index is 968. The van der Waals surface area contributed by atoms with Gasteiger partial charge in [-0.15, -0.1) is 11.3 Å². The molecule has 0 fully saturated rings. The number of nitrogens with zero attached hydrogens (tertiary/aromatic N) is 2. The van der Waals surface area contributed by atoms with Crippen molar-refractivity contribution in [2.45, 2.75) is 19.6 Å². The van der Waals surface area contributed by atoms with Crippen LogP contribution in [0.5, 0.6) is 0 Å². The molecule has 0 spiro atoms. The topological polar surface area (TPSA) is 59.9 Å². The first kappa shape index (κ1) is 15.7. The quantitative estimate of drug-likeness (QED) is 0.542. The Morgan fingerprint density at radius 3 is 2.92 bits per heavy atom. The van der Waals surface area contributed by atoms with Gasteiger partial charge in [0.1, 0.15) is 11.5 Å². The van der Waals surface area contributed by atoms with Gasteiger partial charge in [-0.3, -0.25) is 0 Å². The van der Waals surface area contributed by atoms with Gasteiger partial charge >= 0.3 is 5.97 Å². The third-order valence-corrected chi connectivity index (χ3v) is 4.88. The van der Waals surface area contributed by atoms with Crippen molar-refractivity contribution in [3.8, 4) is 0 Å². The van der Waals surface area contributed by atoms with Crippen molar-refractivity contribution in [3.63, 3.8) is 0 Å². The second-order valence-electron chi connectivity index (χ2n) is 5.79. The molecule has 126 valence electrons. The number of aromatic nitrogens is 3. The van der Waals surface area contributed by atoms with Crippen molar-refractivity contribution in [2.75, 3.05) is 0 Å². The molecule has 0 amide bonds. The molecule has 0 unspecified atom stereocenters. The molecule has 0 aliphatic rings. The van der Waals surface area contributed by atoms with Gasteiger partial charge in [0.2, 0.25) is 0 Å². The number of ether oxygens (including phenoxy) is 1. The number of imidazole rings is 1. The summed E-state index contributed by atoms with van der Waals surface area (Å²) in [5.74, 6) is 0.292. The van der Waals surface area contributed by atoms with Gasteiger partial charge in [0.25, 0.3) is 0 Å². The van der Waals surface area contributed by atoms with Crippen LogP contribution in [-0.2, 0) is 11.3 Å². The molecule has 0 radical (unpaired) electrons. The summed E-state index contributed by atoms with van der Waals surface area (Å²) in [6.07, 6.45) is 1.44. The molecule has 5 nitrogen and oxygen atoms in total. The summed E-state index contributed by atoms with van der Waals surface area (Å²) in [5, 5.41) is 2.03. The summed E-state index contributed by atoms with van der Waals surface area (Å²) in [4.78, 5) is 21.5. The molecule has 0 aliphatic carbocycles. The Balaban J connectivity index is 1.51. The number of carbonyl (C=O) groups is 1. The minimum absolute atomic E-state index is 0.352. The second kappa shape index (κ2) is 6.57. The van der Waals surface area contributed by atoms with Gasteiger partial charge in [0.05, 0.1) is 17.6 Å². The Morgan fingerprint density at radius 1 is 1.24 bits per heavy atom. The maximum absolute atomic E-state index is 12.6. The molecule has 6 heteroatoms. The molecule has 1 N–H and O–H groups in total. The summed E-state index contributed by atoms with van der Waals surface area (Å²) < 4.78 is 7.52. The lowest BCUT2D eigenvalue weighted by Gasteiger charge is -2.12. The number of carbonyl (C=O) groups excluding carboxylic acids is 1. The predicted octanol–water partition coefficient (Wildman–Crippen LogP) is 4.39. The van der Waals surface area contributed by atoms with Gasteiger partial charge < -0.3 is 14.3 Å². The average molecular weight is 351 g/mol. The van der Waals surface area contributed by atoms with Crippen molar-refractivity contribution in [3.05, 3.63) is 76.5 Å². The zero-order chi connectivity index (χ0) is 17.2. The van der Waals surface area contributed by atoms with Crippen LogP contribution in [-0.4, -0.2) is 20.5 Å². The molecule has 25 heavy (non-hydrogen) atoms. The molecule has 0 saturated carbocycles. The second-order valence-corrected chi connectivity index (χ2v) is 6.82. The molecule has 0 bridgehead atoms. The standard InChI is InChI=1S/C19H17N3O2S/c1-13(18-20-15-7-2-3-8-16(15)21-18)24-19(23)17-9-4-10-22(17)12-14-6-5-11-25-14/h2-11,13H,12H2,1H3,(H,20,21)/t13-/m0/s1. The van der Waals surface area contributed by atoms with E-state index in [0.29, 0.717) is 18.1 Å². The fraction of sp³-hybridized carbons (Fsp3) is 0.158. The van der Waals surface area contributed by atoms with Crippen LogP contribution in [0.15, 0.2) is 60.1 Å². The van der Waals surface area contributed by atoms with Gasteiger partial charge in [-0.25, -0.2) is 9.78 Å². The number of aromatic amines is 1. The molecular weight excluding hydrogens is 334 g/mol. The van der Waals surface area contributed by atoms with Crippen molar-refractivity contribution in [1.29, 1.82) is 0 Å². The maximum Gasteiger partial charge on any atom is 0.355 e. The number of fused-ring (bicyclic) bond motifs is 1. The van der Waals surface area contributed by atoms with Crippen LogP contribution in [0.2, 0.25) is 0 Å². The van der Waals surface area contributed by atoms with Gasteiger partial charge in [-0.2, -0.15) is 0 Å². The number of hydrogen-bond acceptors (Lipinski definition) is 4. The van der Waals surface area contributed by atoms with E-state index in [1.165, 1.54) is 4.88 Å². The van der Waals surface area contributed by atoms with Gasteiger partial charge in [-0.1, -0.05) is 18.2 Å². The zero-order valence-electron chi connectivity index (χ0n) is 13.7. The number of nitrogens with one attached hydrogen (secondary N) is 1. The number of rotatable bonds is 5. The number of H-pyrrole nitrogens is 1. The van der Waals surface area contributed by atoms with Crippen LogP contribution in [0.4, 0.5) is 0 Å². The van der Waals surface area contributed by atoms with Crippen LogP contribution in [0, 0.1) is 0 Å². The largest absolute Gasteiger partial charge is 0.450 e. The first-order chi connectivity index (χ1) is 12.2. The van der Waals surface area contributed by atoms with Crippen molar-refractivity contribution in [2.24, 2.45) is 0 Å². The Kier molecular flexibility index (Phi) is 4.11. The number of para-hydroxylation sites is 2. The molecule has 1 aromatic carbocycles. The first-order valence-electron chi connectivity index (χ1n) is 8.04. The van der Waals surface area contributed by atoms with E-state index >= 15 is 0 Å². The monoisotopic (exact) mass is 351 g/mol. The van der Waals surface area contributed by atoms with Gasteiger partial charge in [-0.05, 0) is 42.6 Å². The minimum Gasteiger partial charge on any atom is -0.450 e. The normalized spacial score (nSPS) is 12.4. The lowest BCUT2D eigenvalue weighted by molar-refractivity contribution is 0.0310. The highest BCUT2D eigenvalue weighted by molar-refractivity contribution is 7.09. The van der Waals surface area contributed by atoms with Gasteiger partial charge in [0.15, 0.2) is 6.10 Å². The van der Waals surface area contributed by atoms with E-state index in [2.05, 4.69) is 16.0 Å². The molecule has 4 aromatic rings. The highest BCUT2D eigenvalue weighted by atomic mass is 32.1. The Hall–Kier alpha value is -2.86. The van der Waals surface area contributed by atoms with Crippen molar-refractivity contribution >= 4 is 28.3 Å². The minimum atomic E-state index is -0.454. The van der Waals surface area contributed by atoms with Crippen LogP contribution >= 0.6 is 11.3 Å². The van der Waals surface area contributed by atoms with E-state index in [9.17, 15) is 4.79 Å². The number of esters is 1. The summed E-state index contributed by atoms with van der Waals surface area (Å²) in [6, 6.07) is 15.4. The maximum atomic E-state index is 12.6. The van der Waals surface area contributed by atoms with Crippen molar-refractivity contribution in [1.82, 2.24) is 14.5 Å². The molecule has 4 rings (SSSR count). The predicted molar refractivity (Wildman–Crippen MR) is 97.8 cm³/mol. The van der Waals surface area contributed by atoms with E-state index in [-0.39, 0.29) is 5.97 Å². The summed E-state index contributed by atoms with van der Waals surface area (Å²) >= 11 is 1.67. The highest BCUT2D eigenvalue weighted by Gasteiger charge is 2.19. The Morgan fingerprint density at radius 2 is 2.12 bits per heavy atom. The molecule has 1 atom stereocenters. The van der Waals surface area contributed by atoms with Crippen LogP contribution < -0.4 is 0 Å². The lowest BCUT2D eigenvalue weighted by atomic mass is 10.3. The first-order valence-corrected chi connectivity index (χ1v) is 8.92. The van der Waals surface area contributed by atoms with Crippen molar-refractivity contribution < 1.29 is 9.53 Å². The molecular formula is C19H17N3O2S. The van der Waals surface area contributed by atoms with E-state index in [1.807, 2.05) is 59.5 Å². The molecule has 3 heterocycles. The molecule has 0 aliphatic heterocycles. The van der Waals surface area contributed by atoms with Gasteiger partial charge in [0, 0.05) is 11.1 Å². The number of thiophene rings is 1. The number of hydrogen-bond donors (Lipinski definition) is 1. The van der Waals surface area contributed by atoms with Crippen LogP contribution in [0.25, 0.3) is 11.0 Å². The Labute approximate surface area is 148 Å². The fourth-order valence-corrected chi connectivity index (χ4v) is 3.45. The third kappa shape index (κ3) is 3.21. The van der Waals surface area contributed by atoms with Crippen LogP contribution in [0.1, 0.15) is 34.2 Å². The SMILES string of the molecule is C[C@H](OC(=O)c1cccn1Cc1cccs1)c1nc2ccccc2[nH]1. The smallest absolute Gasteiger partial charge is 0.355 e. The summed E-state index contributed by atoms with van der Waals surface area (Å²) in [7, 11) is 0.